The van der Waals surface area contributed by atoms with E-state index in [1.165, 1.54) is 55.9 Å². The zero-order chi connectivity index (χ0) is 21.1. The number of nitrogens with zero attached hydrogens (tertiary/aromatic N) is 2. The minimum Gasteiger partial charge on any atom is -0.496 e. The second-order valence-corrected chi connectivity index (χ2v) is 9.30. The largest absolute Gasteiger partial charge is 0.496 e. The number of rotatable bonds is 7. The zero-order valence-electron chi connectivity index (χ0n) is 15.5. The maximum Gasteiger partial charge on any atom is 0.264 e. The highest BCUT2D eigenvalue weighted by Gasteiger charge is 2.18. The van der Waals surface area contributed by atoms with Crippen LogP contribution < -0.4 is 14.2 Å². The Balaban J connectivity index is 1.79. The number of hydrogen-bond acceptors (Lipinski definition) is 7. The predicted octanol–water partition coefficient (Wildman–Crippen LogP) is 2.40. The van der Waals surface area contributed by atoms with Gasteiger partial charge in [-0.25, -0.2) is 31.5 Å². The maximum atomic E-state index is 12.6. The van der Waals surface area contributed by atoms with Crippen LogP contribution in [0.5, 0.6) is 5.75 Å². The van der Waals surface area contributed by atoms with E-state index < -0.39 is 20.0 Å². The Hall–Kier alpha value is -3.18. The number of hydrogen-bond donors (Lipinski definition) is 2. The quantitative estimate of drug-likeness (QED) is 0.584. The first-order chi connectivity index (χ1) is 13.7. The number of methoxy groups -OCH3 is 1. The lowest BCUT2D eigenvalue weighted by Gasteiger charge is -2.11. The van der Waals surface area contributed by atoms with Crippen molar-refractivity contribution in [3.63, 3.8) is 0 Å². The van der Waals surface area contributed by atoms with Gasteiger partial charge in [0.1, 0.15) is 5.75 Å². The van der Waals surface area contributed by atoms with Gasteiger partial charge in [0.2, 0.25) is 5.95 Å². The lowest BCUT2D eigenvalue weighted by molar-refractivity contribution is 0.411. The van der Waals surface area contributed by atoms with Gasteiger partial charge in [0.05, 0.1) is 16.9 Å². The number of sulfonamides is 2. The van der Waals surface area contributed by atoms with E-state index >= 15 is 0 Å². The van der Waals surface area contributed by atoms with E-state index in [9.17, 15) is 16.8 Å². The molecule has 1 aromatic heterocycles. The van der Waals surface area contributed by atoms with Gasteiger partial charge in [-0.3, -0.25) is 4.72 Å². The minimum absolute atomic E-state index is 0.0619. The van der Waals surface area contributed by atoms with Crippen LogP contribution in [0.1, 0.15) is 5.56 Å². The third kappa shape index (κ3) is 4.81. The highest BCUT2D eigenvalue weighted by atomic mass is 32.2. The predicted molar refractivity (Wildman–Crippen MR) is 108 cm³/mol. The SMILES string of the molecule is COc1ccc(S(=O)(=O)Nc2ccc(S(=O)(=O)Nc3ncccn3)cc2)cc1C. The Labute approximate surface area is 168 Å². The van der Waals surface area contributed by atoms with Crippen LogP contribution in [0.4, 0.5) is 11.6 Å². The molecule has 0 unspecified atom stereocenters. The summed E-state index contributed by atoms with van der Waals surface area (Å²) in [5.74, 6) is 0.514. The van der Waals surface area contributed by atoms with Crippen molar-refractivity contribution in [2.75, 3.05) is 16.6 Å². The van der Waals surface area contributed by atoms with Crippen LogP contribution in [0, 0.1) is 6.92 Å². The molecule has 11 heteroatoms. The van der Waals surface area contributed by atoms with Gasteiger partial charge in [0.25, 0.3) is 20.0 Å². The monoisotopic (exact) mass is 434 g/mol. The van der Waals surface area contributed by atoms with Gasteiger partial charge < -0.3 is 4.74 Å². The van der Waals surface area contributed by atoms with Gasteiger partial charge in [-0.15, -0.1) is 0 Å². The molecule has 1 heterocycles. The van der Waals surface area contributed by atoms with E-state index in [0.29, 0.717) is 11.3 Å². The van der Waals surface area contributed by atoms with Gasteiger partial charge in [-0.05, 0) is 61.0 Å². The van der Waals surface area contributed by atoms with E-state index in [0.717, 1.165) is 0 Å². The third-order valence-corrected chi connectivity index (χ3v) is 6.61. The summed E-state index contributed by atoms with van der Waals surface area (Å²) in [4.78, 5) is 7.62. The van der Waals surface area contributed by atoms with Crippen molar-refractivity contribution in [3.05, 3.63) is 66.5 Å². The van der Waals surface area contributed by atoms with Crippen LogP contribution >= 0.6 is 0 Å². The van der Waals surface area contributed by atoms with E-state index in [-0.39, 0.29) is 21.4 Å². The molecule has 2 aromatic carbocycles. The number of aromatic nitrogens is 2. The Kier molecular flexibility index (Phi) is 5.71. The molecule has 0 bridgehead atoms. The van der Waals surface area contributed by atoms with E-state index in [2.05, 4.69) is 19.4 Å². The molecule has 0 spiro atoms. The Morgan fingerprint density at radius 1 is 0.828 bits per heavy atom. The molecule has 0 aliphatic carbocycles. The molecular weight excluding hydrogens is 416 g/mol. The topological polar surface area (TPSA) is 127 Å². The molecule has 0 saturated carbocycles. The fourth-order valence-electron chi connectivity index (χ4n) is 2.47. The smallest absolute Gasteiger partial charge is 0.264 e. The van der Waals surface area contributed by atoms with Crippen molar-refractivity contribution in [2.45, 2.75) is 16.7 Å². The highest BCUT2D eigenvalue weighted by molar-refractivity contribution is 7.93. The van der Waals surface area contributed by atoms with Crippen molar-refractivity contribution < 1.29 is 21.6 Å². The molecule has 3 aromatic rings. The molecule has 0 atom stereocenters. The molecule has 0 radical (unpaired) electrons. The standard InChI is InChI=1S/C18H18N4O5S2/c1-13-12-16(8-9-17(13)27-2)29(25,26)21-14-4-6-15(7-5-14)28(23,24)22-18-19-10-3-11-20-18/h3-12,21H,1-2H3,(H,19,20,22). The number of nitrogens with one attached hydrogen (secondary N) is 2. The Bertz CT molecular complexity index is 1210. The molecule has 0 aliphatic rings. The first-order valence-corrected chi connectivity index (χ1v) is 11.3. The van der Waals surface area contributed by atoms with Crippen LogP contribution in [0.3, 0.4) is 0 Å². The van der Waals surface area contributed by atoms with Crippen LogP contribution in [-0.4, -0.2) is 33.9 Å². The summed E-state index contributed by atoms with van der Waals surface area (Å²) in [6.07, 6.45) is 2.81. The van der Waals surface area contributed by atoms with Gasteiger partial charge in [-0.1, -0.05) is 0 Å². The van der Waals surface area contributed by atoms with E-state index in [1.54, 1.807) is 19.1 Å². The molecular formula is C18H18N4O5S2. The summed E-state index contributed by atoms with van der Waals surface area (Å²) in [6, 6.07) is 11.3. The summed E-state index contributed by atoms with van der Waals surface area (Å²) < 4.78 is 59.7. The molecule has 29 heavy (non-hydrogen) atoms. The van der Waals surface area contributed by atoms with Crippen molar-refractivity contribution in [2.24, 2.45) is 0 Å². The normalized spacial score (nSPS) is 11.7. The second-order valence-electron chi connectivity index (χ2n) is 5.94. The number of ether oxygens (including phenoxy) is 1. The van der Waals surface area contributed by atoms with E-state index in [4.69, 9.17) is 4.74 Å². The number of anilines is 2. The summed E-state index contributed by atoms with van der Waals surface area (Å²) in [6.45, 7) is 1.74. The molecule has 0 saturated heterocycles. The number of aryl methyl sites for hydroxylation is 1. The Morgan fingerprint density at radius 2 is 1.41 bits per heavy atom. The first-order valence-electron chi connectivity index (χ1n) is 8.29. The highest BCUT2D eigenvalue weighted by Crippen LogP contribution is 2.24. The average molecular weight is 434 g/mol. The van der Waals surface area contributed by atoms with E-state index in [1.807, 2.05) is 0 Å². The second kappa shape index (κ2) is 8.05. The zero-order valence-corrected chi connectivity index (χ0v) is 17.2. The first kappa shape index (κ1) is 20.6. The summed E-state index contributed by atoms with van der Waals surface area (Å²) in [5, 5.41) is 0. The molecule has 2 N–H and O–H groups in total. The molecule has 0 fully saturated rings. The van der Waals surface area contributed by atoms with Crippen LogP contribution in [0.15, 0.2) is 70.7 Å². The summed E-state index contributed by atoms with van der Waals surface area (Å²) >= 11 is 0. The number of benzene rings is 2. The maximum absolute atomic E-state index is 12.6. The lowest BCUT2D eigenvalue weighted by Crippen LogP contribution is -2.15. The van der Waals surface area contributed by atoms with Crippen molar-refractivity contribution >= 4 is 31.7 Å². The van der Waals surface area contributed by atoms with Crippen LogP contribution in [0.2, 0.25) is 0 Å². The summed E-state index contributed by atoms with van der Waals surface area (Å²) in [7, 11) is -6.25. The molecule has 152 valence electrons. The molecule has 0 aliphatic heterocycles. The fourth-order valence-corrected chi connectivity index (χ4v) is 4.57. The lowest BCUT2D eigenvalue weighted by atomic mass is 10.2. The van der Waals surface area contributed by atoms with Gasteiger partial charge >= 0.3 is 0 Å². The summed E-state index contributed by atoms with van der Waals surface area (Å²) in [5.41, 5.74) is 0.888. The van der Waals surface area contributed by atoms with Crippen LogP contribution in [0.25, 0.3) is 0 Å². The Morgan fingerprint density at radius 3 is 2.00 bits per heavy atom. The van der Waals surface area contributed by atoms with Crippen molar-refractivity contribution in [1.82, 2.24) is 9.97 Å². The van der Waals surface area contributed by atoms with Crippen LogP contribution in [-0.2, 0) is 20.0 Å². The van der Waals surface area contributed by atoms with Crippen molar-refractivity contribution in [1.29, 1.82) is 0 Å². The molecule has 3 rings (SSSR count). The van der Waals surface area contributed by atoms with Gasteiger partial charge in [-0.2, -0.15) is 0 Å². The third-order valence-electron chi connectivity index (χ3n) is 3.88. The minimum atomic E-state index is -3.91. The fraction of sp³-hybridized carbons (Fsp3) is 0.111. The molecule has 9 nitrogen and oxygen atoms in total. The molecule has 0 amide bonds. The van der Waals surface area contributed by atoms with Gasteiger partial charge in [0.15, 0.2) is 0 Å². The average Bonchev–Trinajstić information content (AvgIpc) is 2.68. The van der Waals surface area contributed by atoms with Crippen molar-refractivity contribution in [3.8, 4) is 5.75 Å². The van der Waals surface area contributed by atoms with Gasteiger partial charge in [0, 0.05) is 18.1 Å².